The van der Waals surface area contributed by atoms with E-state index in [1.165, 1.54) is 5.56 Å². The van der Waals surface area contributed by atoms with Crippen LogP contribution in [-0.2, 0) is 16.1 Å². The van der Waals surface area contributed by atoms with E-state index < -0.39 is 0 Å². The first-order chi connectivity index (χ1) is 16.5. The lowest BCUT2D eigenvalue weighted by Crippen LogP contribution is -2.43. The summed E-state index contributed by atoms with van der Waals surface area (Å²) in [6, 6.07) is 20.4. The molecule has 3 aromatic carbocycles. The monoisotopic (exact) mass is 457 g/mol. The van der Waals surface area contributed by atoms with Crippen LogP contribution >= 0.6 is 0 Å². The van der Waals surface area contributed by atoms with E-state index >= 15 is 0 Å². The van der Waals surface area contributed by atoms with E-state index in [2.05, 4.69) is 49.7 Å². The van der Waals surface area contributed by atoms with Gasteiger partial charge in [-0.25, -0.2) is 0 Å². The lowest BCUT2D eigenvalue weighted by Gasteiger charge is -2.35. The molecule has 0 aliphatic carbocycles. The molecular formula is C29H33N2O3+. The predicted molar refractivity (Wildman–Crippen MR) is 137 cm³/mol. The van der Waals surface area contributed by atoms with Gasteiger partial charge in [-0.15, -0.1) is 0 Å². The Morgan fingerprint density at radius 1 is 1.00 bits per heavy atom. The van der Waals surface area contributed by atoms with Crippen LogP contribution in [0.25, 0.3) is 16.8 Å². The summed E-state index contributed by atoms with van der Waals surface area (Å²) in [5.74, 6) is 1.43. The molecule has 176 valence electrons. The van der Waals surface area contributed by atoms with Crippen LogP contribution in [0.5, 0.6) is 5.75 Å². The zero-order valence-corrected chi connectivity index (χ0v) is 20.0. The van der Waals surface area contributed by atoms with Crippen molar-refractivity contribution in [3.05, 3.63) is 77.4 Å². The van der Waals surface area contributed by atoms with Crippen LogP contribution in [0.2, 0.25) is 0 Å². The van der Waals surface area contributed by atoms with Crippen molar-refractivity contribution in [2.75, 3.05) is 45.8 Å². The third kappa shape index (κ3) is 5.16. The van der Waals surface area contributed by atoms with Crippen LogP contribution in [0.4, 0.5) is 5.69 Å². The van der Waals surface area contributed by atoms with Crippen LogP contribution in [-0.4, -0.2) is 50.9 Å². The van der Waals surface area contributed by atoms with E-state index in [4.69, 9.17) is 9.47 Å². The van der Waals surface area contributed by atoms with E-state index in [9.17, 15) is 4.79 Å². The predicted octanol–water partition coefficient (Wildman–Crippen LogP) is 5.26. The number of benzene rings is 3. The highest BCUT2D eigenvalue weighted by molar-refractivity contribution is 6.09. The summed E-state index contributed by atoms with van der Waals surface area (Å²) < 4.78 is 12.4. The number of hydrogen-bond donors (Lipinski definition) is 1. The summed E-state index contributed by atoms with van der Waals surface area (Å²) in [5.41, 5.74) is 3.67. The van der Waals surface area contributed by atoms with E-state index in [1.54, 1.807) is 0 Å². The Balaban J connectivity index is 1.24. The molecular weight excluding hydrogens is 424 g/mol. The number of nitrogens with one attached hydrogen (secondary N) is 1. The fourth-order valence-electron chi connectivity index (χ4n) is 5.14. The maximum Gasteiger partial charge on any atom is 0.255 e. The Hall–Kier alpha value is -3.15. The standard InChI is InChI=1S/C29H32N2O3/c1-31(2,19-22-13-15-33-16-14-22)18-21-7-10-25(11-8-21)30-29(32)24-17-27-26-6-4-3-5-23(26)9-12-28(27)34-20-24/h3-12,17,22H,13-16,18-20H2,1-2H3/p+1. The third-order valence-corrected chi connectivity index (χ3v) is 6.84. The van der Waals surface area contributed by atoms with Crippen LogP contribution in [0, 0.1) is 5.92 Å². The molecule has 5 rings (SSSR count). The van der Waals surface area contributed by atoms with Gasteiger partial charge >= 0.3 is 0 Å². The second-order valence-corrected chi connectivity index (χ2v) is 10.1. The van der Waals surface area contributed by atoms with Gasteiger partial charge in [0.25, 0.3) is 5.91 Å². The number of carbonyl (C=O) groups is 1. The second kappa shape index (κ2) is 9.61. The summed E-state index contributed by atoms with van der Waals surface area (Å²) in [4.78, 5) is 13.0. The quantitative estimate of drug-likeness (QED) is 0.514. The van der Waals surface area contributed by atoms with Crippen molar-refractivity contribution in [1.82, 2.24) is 0 Å². The van der Waals surface area contributed by atoms with Gasteiger partial charge in [0, 0.05) is 35.9 Å². The second-order valence-electron chi connectivity index (χ2n) is 10.1. The fraction of sp³-hybridized carbons (Fsp3) is 0.345. The molecule has 5 heteroatoms. The highest BCUT2D eigenvalue weighted by atomic mass is 16.5. The molecule has 0 bridgehead atoms. The molecule has 34 heavy (non-hydrogen) atoms. The van der Waals surface area contributed by atoms with Crippen molar-refractivity contribution in [1.29, 1.82) is 0 Å². The number of carbonyl (C=O) groups excluding carboxylic acids is 1. The summed E-state index contributed by atoms with van der Waals surface area (Å²) >= 11 is 0. The fourth-order valence-corrected chi connectivity index (χ4v) is 5.14. The SMILES string of the molecule is C[N+](C)(Cc1ccc(NC(=O)C2=Cc3c(ccc4ccccc34)OC2)cc1)CC1CCOCC1. The average molecular weight is 458 g/mol. The van der Waals surface area contributed by atoms with Crippen molar-refractivity contribution in [2.24, 2.45) is 5.92 Å². The average Bonchev–Trinajstić information content (AvgIpc) is 2.85. The molecule has 2 heterocycles. The van der Waals surface area contributed by atoms with Gasteiger partial charge in [-0.3, -0.25) is 4.79 Å². The van der Waals surface area contributed by atoms with Gasteiger partial charge in [-0.05, 0) is 47.9 Å². The number of rotatable bonds is 6. The minimum atomic E-state index is -0.123. The zero-order valence-electron chi connectivity index (χ0n) is 20.0. The molecule has 1 saturated heterocycles. The first kappa shape index (κ1) is 22.6. The number of quaternary nitrogens is 1. The summed E-state index contributed by atoms with van der Waals surface area (Å²) in [5, 5.41) is 5.27. The Bertz CT molecular complexity index is 1210. The van der Waals surface area contributed by atoms with Crippen molar-refractivity contribution >= 4 is 28.4 Å². The number of anilines is 1. The number of fused-ring (bicyclic) bond motifs is 3. The molecule has 3 aromatic rings. The van der Waals surface area contributed by atoms with Gasteiger partial charge in [0.1, 0.15) is 18.9 Å². The van der Waals surface area contributed by atoms with E-state index in [-0.39, 0.29) is 12.5 Å². The number of ether oxygens (including phenoxy) is 2. The lowest BCUT2D eigenvalue weighted by molar-refractivity contribution is -0.907. The van der Waals surface area contributed by atoms with Gasteiger partial charge in [-0.2, -0.15) is 0 Å². The maximum atomic E-state index is 13.0. The molecule has 1 N–H and O–H groups in total. The first-order valence-electron chi connectivity index (χ1n) is 12.1. The van der Waals surface area contributed by atoms with Gasteiger partial charge < -0.3 is 19.3 Å². The van der Waals surface area contributed by atoms with Gasteiger partial charge in [0.2, 0.25) is 0 Å². The molecule has 0 atom stereocenters. The Morgan fingerprint density at radius 2 is 1.76 bits per heavy atom. The van der Waals surface area contributed by atoms with Gasteiger partial charge in [-0.1, -0.05) is 42.5 Å². The first-order valence-corrected chi connectivity index (χ1v) is 12.1. The molecule has 0 aromatic heterocycles. The normalized spacial score (nSPS) is 16.5. The van der Waals surface area contributed by atoms with Crippen molar-refractivity contribution in [2.45, 2.75) is 19.4 Å². The zero-order chi connectivity index (χ0) is 23.5. The molecule has 5 nitrogen and oxygen atoms in total. The van der Waals surface area contributed by atoms with Crippen LogP contribution < -0.4 is 10.1 Å². The lowest BCUT2D eigenvalue weighted by atomic mass is 9.98. The Morgan fingerprint density at radius 3 is 2.56 bits per heavy atom. The van der Waals surface area contributed by atoms with Crippen LogP contribution in [0.15, 0.2) is 66.2 Å². The topological polar surface area (TPSA) is 47.6 Å². The molecule has 2 aliphatic rings. The molecule has 0 spiro atoms. The van der Waals surface area contributed by atoms with E-state index in [0.717, 1.165) is 77.3 Å². The number of hydrogen-bond acceptors (Lipinski definition) is 3. The number of amides is 1. The highest BCUT2D eigenvalue weighted by Crippen LogP contribution is 2.33. The third-order valence-electron chi connectivity index (χ3n) is 6.84. The van der Waals surface area contributed by atoms with E-state index in [1.807, 2.05) is 36.4 Å². The van der Waals surface area contributed by atoms with Crippen molar-refractivity contribution in [3.63, 3.8) is 0 Å². The Labute approximate surface area is 201 Å². The van der Waals surface area contributed by atoms with Crippen molar-refractivity contribution in [3.8, 4) is 5.75 Å². The minimum absolute atomic E-state index is 0.123. The highest BCUT2D eigenvalue weighted by Gasteiger charge is 2.24. The maximum absolute atomic E-state index is 13.0. The molecule has 1 amide bonds. The number of nitrogens with zero attached hydrogens (tertiary/aromatic N) is 1. The summed E-state index contributed by atoms with van der Waals surface area (Å²) in [7, 11) is 4.59. The van der Waals surface area contributed by atoms with Crippen LogP contribution in [0.1, 0.15) is 24.0 Å². The molecule has 0 saturated carbocycles. The Kier molecular flexibility index (Phi) is 6.40. The summed E-state index contributed by atoms with van der Waals surface area (Å²) in [6.45, 7) is 4.18. The molecule has 1 fully saturated rings. The molecule has 2 aliphatic heterocycles. The molecule has 0 unspecified atom stereocenters. The van der Waals surface area contributed by atoms with Crippen LogP contribution in [0.3, 0.4) is 0 Å². The summed E-state index contributed by atoms with van der Waals surface area (Å²) in [6.07, 6.45) is 4.28. The molecule has 0 radical (unpaired) electrons. The smallest absolute Gasteiger partial charge is 0.255 e. The van der Waals surface area contributed by atoms with E-state index in [0.29, 0.717) is 5.57 Å². The van der Waals surface area contributed by atoms with Crippen molar-refractivity contribution < 1.29 is 18.8 Å². The minimum Gasteiger partial charge on any atom is -0.488 e. The van der Waals surface area contributed by atoms with Gasteiger partial charge in [0.15, 0.2) is 0 Å². The van der Waals surface area contributed by atoms with Gasteiger partial charge in [0.05, 0.1) is 26.2 Å². The largest absolute Gasteiger partial charge is 0.488 e.